The molecular weight excluding hydrogens is 524 g/mol. The lowest BCUT2D eigenvalue weighted by atomic mass is 9.85. The fraction of sp³-hybridized carbons (Fsp3) is 0.562. The van der Waals surface area contributed by atoms with Gasteiger partial charge in [0.15, 0.2) is 12.7 Å². The molecule has 42 heavy (non-hydrogen) atoms. The van der Waals surface area contributed by atoms with E-state index >= 15 is 0 Å². The van der Waals surface area contributed by atoms with Crippen molar-refractivity contribution in [2.45, 2.75) is 77.3 Å². The summed E-state index contributed by atoms with van der Waals surface area (Å²) >= 11 is 0. The highest BCUT2D eigenvalue weighted by atomic mass is 15.6. The highest BCUT2D eigenvalue weighted by Crippen LogP contribution is 2.36. The van der Waals surface area contributed by atoms with Crippen LogP contribution < -0.4 is 0 Å². The standard InChI is InChI=1S/C32H44N10/c1-3-7-25-11-15-27(16-12-25)31(41-35-23-33-37-41)29-9-5-19-39(21-29)40-20-6-10-30(22-40)32(42-36-24-34-38-42)28-17-13-26(8-4-2)14-18-28/h11-18,23-24,29-32H,3-10,19-22H2,1-2H3/t29-,30-,31?,32?/m0/s1. The average Bonchev–Trinajstić information content (AvgIpc) is 3.76. The molecule has 4 heterocycles. The molecule has 2 fully saturated rings. The zero-order chi connectivity index (χ0) is 28.7. The van der Waals surface area contributed by atoms with Gasteiger partial charge < -0.3 is 0 Å². The highest BCUT2D eigenvalue weighted by Gasteiger charge is 2.37. The summed E-state index contributed by atoms with van der Waals surface area (Å²) in [4.78, 5) is 3.66. The first kappa shape index (κ1) is 28.6. The Morgan fingerprint density at radius 2 is 1.07 bits per heavy atom. The van der Waals surface area contributed by atoms with E-state index in [1.54, 1.807) is 12.7 Å². The Balaban J connectivity index is 1.20. The van der Waals surface area contributed by atoms with Crippen molar-refractivity contribution in [3.05, 3.63) is 83.4 Å². The van der Waals surface area contributed by atoms with Crippen molar-refractivity contribution < 1.29 is 0 Å². The summed E-state index contributed by atoms with van der Waals surface area (Å²) in [5.41, 5.74) is 5.29. The summed E-state index contributed by atoms with van der Waals surface area (Å²) in [6, 6.07) is 18.3. The van der Waals surface area contributed by atoms with Crippen LogP contribution in [0, 0.1) is 11.8 Å². The van der Waals surface area contributed by atoms with Gasteiger partial charge in [-0.1, -0.05) is 75.2 Å². The summed E-state index contributed by atoms with van der Waals surface area (Å²) in [6.45, 7) is 8.57. The minimum atomic E-state index is 0.0697. The molecule has 6 rings (SSSR count). The molecule has 10 heteroatoms. The van der Waals surface area contributed by atoms with Gasteiger partial charge >= 0.3 is 0 Å². The first-order valence-electron chi connectivity index (χ1n) is 15.9. The summed E-state index contributed by atoms with van der Waals surface area (Å²) < 4.78 is 0. The number of aryl methyl sites for hydroxylation is 2. The van der Waals surface area contributed by atoms with Crippen LogP contribution in [0.2, 0.25) is 0 Å². The quantitative estimate of drug-likeness (QED) is 0.255. The lowest BCUT2D eigenvalue weighted by Gasteiger charge is -2.46. The van der Waals surface area contributed by atoms with E-state index in [-0.39, 0.29) is 12.1 Å². The number of piperidine rings is 2. The molecule has 2 unspecified atom stereocenters. The van der Waals surface area contributed by atoms with Gasteiger partial charge in [0.05, 0.1) is 0 Å². The van der Waals surface area contributed by atoms with Gasteiger partial charge in [0, 0.05) is 38.0 Å². The van der Waals surface area contributed by atoms with Crippen LogP contribution in [-0.4, -0.2) is 76.6 Å². The van der Waals surface area contributed by atoms with Gasteiger partial charge in [-0.2, -0.15) is 9.59 Å². The van der Waals surface area contributed by atoms with Crippen LogP contribution in [0.4, 0.5) is 0 Å². The molecule has 2 aromatic heterocycles. The van der Waals surface area contributed by atoms with Gasteiger partial charge in [-0.05, 0) is 71.2 Å². The third kappa shape index (κ3) is 6.44. The SMILES string of the molecule is CCCc1ccc(C([C@H]2CCCN(N3CCC[C@H](C(c4ccc(CCC)cc4)n4ncnn4)C3)C2)n2ncnn2)cc1. The van der Waals surface area contributed by atoms with Gasteiger partial charge in [-0.3, -0.25) is 0 Å². The minimum absolute atomic E-state index is 0.0697. The molecule has 0 spiro atoms. The van der Waals surface area contributed by atoms with Gasteiger partial charge in [0.2, 0.25) is 0 Å². The van der Waals surface area contributed by atoms with Crippen LogP contribution in [-0.2, 0) is 12.8 Å². The molecule has 4 aromatic rings. The van der Waals surface area contributed by atoms with E-state index < -0.39 is 0 Å². The van der Waals surface area contributed by atoms with Crippen molar-refractivity contribution >= 4 is 0 Å². The zero-order valence-electron chi connectivity index (χ0n) is 25.0. The monoisotopic (exact) mass is 568 g/mol. The molecule has 222 valence electrons. The second-order valence-electron chi connectivity index (χ2n) is 12.0. The van der Waals surface area contributed by atoms with Crippen molar-refractivity contribution in [1.82, 2.24) is 50.4 Å². The molecule has 0 aliphatic carbocycles. The maximum absolute atomic E-state index is 4.52. The van der Waals surface area contributed by atoms with E-state index in [0.717, 1.165) is 77.5 Å². The number of hydrogen-bond acceptors (Lipinski definition) is 8. The molecule has 2 saturated heterocycles. The van der Waals surface area contributed by atoms with Crippen LogP contribution >= 0.6 is 0 Å². The Morgan fingerprint density at radius 1 is 0.643 bits per heavy atom. The molecule has 0 saturated carbocycles. The molecule has 2 aliphatic heterocycles. The van der Waals surface area contributed by atoms with E-state index in [9.17, 15) is 0 Å². The second-order valence-corrected chi connectivity index (χ2v) is 12.0. The summed E-state index contributed by atoms with van der Waals surface area (Å²) in [5.74, 6) is 0.786. The first-order valence-corrected chi connectivity index (χ1v) is 15.9. The number of rotatable bonds is 11. The second kappa shape index (κ2) is 13.6. The third-order valence-electron chi connectivity index (χ3n) is 9.11. The predicted molar refractivity (Wildman–Crippen MR) is 161 cm³/mol. The molecule has 0 radical (unpaired) electrons. The Hall–Kier alpha value is -3.50. The van der Waals surface area contributed by atoms with Gasteiger partial charge in [-0.25, -0.2) is 10.0 Å². The Kier molecular flexibility index (Phi) is 9.30. The molecule has 0 bridgehead atoms. The van der Waals surface area contributed by atoms with Crippen LogP contribution in [0.1, 0.15) is 86.7 Å². The lowest BCUT2D eigenvalue weighted by molar-refractivity contribution is -0.0888. The van der Waals surface area contributed by atoms with Crippen LogP contribution in [0.15, 0.2) is 61.2 Å². The normalized spacial score (nSPS) is 21.8. The van der Waals surface area contributed by atoms with Crippen molar-refractivity contribution in [3.63, 3.8) is 0 Å². The number of tetrazole rings is 2. The van der Waals surface area contributed by atoms with Gasteiger partial charge in [0.25, 0.3) is 0 Å². The van der Waals surface area contributed by atoms with E-state index in [1.165, 1.54) is 22.3 Å². The maximum atomic E-state index is 4.52. The molecule has 2 aromatic carbocycles. The van der Waals surface area contributed by atoms with Crippen LogP contribution in [0.25, 0.3) is 0 Å². The van der Waals surface area contributed by atoms with Gasteiger partial charge in [0.1, 0.15) is 12.1 Å². The lowest BCUT2D eigenvalue weighted by Crippen LogP contribution is -2.53. The number of hydrazine groups is 1. The third-order valence-corrected chi connectivity index (χ3v) is 9.11. The van der Waals surface area contributed by atoms with Crippen molar-refractivity contribution in [2.24, 2.45) is 11.8 Å². The maximum Gasteiger partial charge on any atom is 0.162 e. The van der Waals surface area contributed by atoms with E-state index in [0.29, 0.717) is 11.8 Å². The number of hydrogen-bond donors (Lipinski definition) is 0. The molecule has 0 amide bonds. The smallest absolute Gasteiger partial charge is 0.162 e. The Morgan fingerprint density at radius 3 is 1.43 bits per heavy atom. The zero-order valence-corrected chi connectivity index (χ0v) is 25.0. The fourth-order valence-electron chi connectivity index (χ4n) is 7.14. The predicted octanol–water partition coefficient (Wildman–Crippen LogP) is 4.78. The summed E-state index contributed by atoms with van der Waals surface area (Å²) in [6.07, 6.45) is 12.2. The number of benzene rings is 2. The summed E-state index contributed by atoms with van der Waals surface area (Å²) in [7, 11) is 0. The number of aromatic nitrogens is 8. The largest absolute Gasteiger partial charge is 0.241 e. The van der Waals surface area contributed by atoms with Crippen molar-refractivity contribution in [1.29, 1.82) is 0 Å². The van der Waals surface area contributed by atoms with E-state index in [4.69, 9.17) is 0 Å². The van der Waals surface area contributed by atoms with E-state index in [2.05, 4.69) is 103 Å². The number of nitrogens with zero attached hydrogens (tertiary/aromatic N) is 10. The Labute approximate surface area is 249 Å². The molecule has 0 N–H and O–H groups in total. The van der Waals surface area contributed by atoms with Crippen molar-refractivity contribution in [3.8, 4) is 0 Å². The molecule has 10 nitrogen and oxygen atoms in total. The summed E-state index contributed by atoms with van der Waals surface area (Å²) in [5, 5.41) is 31.2. The minimum Gasteiger partial charge on any atom is -0.241 e. The van der Waals surface area contributed by atoms with Crippen LogP contribution in [0.5, 0.6) is 0 Å². The topological polar surface area (TPSA) is 93.7 Å². The first-order chi connectivity index (χ1) is 20.7. The molecule has 2 aliphatic rings. The average molecular weight is 569 g/mol. The Bertz CT molecular complexity index is 1230. The van der Waals surface area contributed by atoms with Crippen molar-refractivity contribution in [2.75, 3.05) is 26.2 Å². The fourth-order valence-corrected chi connectivity index (χ4v) is 7.14. The van der Waals surface area contributed by atoms with Gasteiger partial charge in [-0.15, -0.1) is 20.4 Å². The molecular formula is C32H44N10. The molecule has 4 atom stereocenters. The highest BCUT2D eigenvalue weighted by molar-refractivity contribution is 5.27. The van der Waals surface area contributed by atoms with Crippen LogP contribution in [0.3, 0.4) is 0 Å². The van der Waals surface area contributed by atoms with E-state index in [1.807, 2.05) is 9.59 Å².